The van der Waals surface area contributed by atoms with Crippen molar-refractivity contribution in [3.8, 4) is 11.3 Å². The number of halogens is 1. The number of aryl methyl sites for hydroxylation is 3. The summed E-state index contributed by atoms with van der Waals surface area (Å²) in [7, 11) is 0. The van der Waals surface area contributed by atoms with Crippen LogP contribution < -0.4 is 0 Å². The first-order valence-corrected chi connectivity index (χ1v) is 7.31. The predicted molar refractivity (Wildman–Crippen MR) is 85.5 cm³/mol. The first-order chi connectivity index (χ1) is 9.31. The van der Waals surface area contributed by atoms with Crippen molar-refractivity contribution in [3.63, 3.8) is 0 Å². The first kappa shape index (κ1) is 15.0. The molecule has 0 radical (unpaired) electrons. The van der Waals surface area contributed by atoms with Crippen molar-refractivity contribution in [2.24, 2.45) is 0 Å². The molecule has 0 unspecified atom stereocenters. The summed E-state index contributed by atoms with van der Waals surface area (Å²) < 4.78 is 0. The number of rotatable bonds is 2. The summed E-state index contributed by atoms with van der Waals surface area (Å²) in [5.74, 6) is 1.06. The van der Waals surface area contributed by atoms with E-state index in [1.165, 1.54) is 22.3 Å². The molecule has 0 aliphatic rings. The summed E-state index contributed by atoms with van der Waals surface area (Å²) in [4.78, 5) is 9.15. The number of nitrogens with zero attached hydrogens (tertiary/aromatic N) is 2. The van der Waals surface area contributed by atoms with Crippen LogP contribution in [0.1, 0.15) is 47.8 Å². The molecule has 0 saturated heterocycles. The van der Waals surface area contributed by atoms with E-state index in [4.69, 9.17) is 16.6 Å². The second-order valence-corrected chi connectivity index (χ2v) is 6.13. The molecule has 0 saturated carbocycles. The van der Waals surface area contributed by atoms with Crippen molar-refractivity contribution < 1.29 is 0 Å². The van der Waals surface area contributed by atoms with Crippen LogP contribution in [0.15, 0.2) is 12.1 Å². The van der Waals surface area contributed by atoms with Crippen LogP contribution in [0.3, 0.4) is 0 Å². The highest BCUT2D eigenvalue weighted by Gasteiger charge is 2.16. The summed E-state index contributed by atoms with van der Waals surface area (Å²) in [5, 5.41) is 0.554. The molecular formula is C17H21ClN2. The van der Waals surface area contributed by atoms with Crippen LogP contribution in [0.5, 0.6) is 0 Å². The fraction of sp³-hybridized carbons (Fsp3) is 0.412. The van der Waals surface area contributed by atoms with Gasteiger partial charge in [0.15, 0.2) is 0 Å². The van der Waals surface area contributed by atoms with E-state index < -0.39 is 0 Å². The number of benzene rings is 1. The fourth-order valence-electron chi connectivity index (χ4n) is 2.56. The molecule has 0 atom stereocenters. The third kappa shape index (κ3) is 2.71. The van der Waals surface area contributed by atoms with Crippen molar-refractivity contribution >= 4 is 11.6 Å². The van der Waals surface area contributed by atoms with Crippen molar-refractivity contribution in [3.05, 3.63) is 45.4 Å². The lowest BCUT2D eigenvalue weighted by molar-refractivity contribution is 0.773. The van der Waals surface area contributed by atoms with Crippen LogP contribution in [0.25, 0.3) is 11.3 Å². The summed E-state index contributed by atoms with van der Waals surface area (Å²) in [6.07, 6.45) is 0. The molecule has 1 aromatic carbocycles. The molecule has 0 bridgehead atoms. The van der Waals surface area contributed by atoms with Crippen LogP contribution >= 0.6 is 11.6 Å². The molecule has 2 nitrogen and oxygen atoms in total. The highest BCUT2D eigenvalue weighted by atomic mass is 35.5. The maximum absolute atomic E-state index is 6.30. The van der Waals surface area contributed by atoms with Crippen LogP contribution in [-0.4, -0.2) is 9.97 Å². The van der Waals surface area contributed by atoms with E-state index in [1.54, 1.807) is 0 Å². The largest absolute Gasteiger partial charge is 0.232 e. The second-order valence-electron chi connectivity index (χ2n) is 5.77. The zero-order valence-electron chi connectivity index (χ0n) is 13.0. The lowest BCUT2D eigenvalue weighted by Gasteiger charge is -2.16. The maximum Gasteiger partial charge on any atom is 0.136 e. The van der Waals surface area contributed by atoms with E-state index in [1.807, 2.05) is 6.92 Å². The zero-order chi connectivity index (χ0) is 15.0. The monoisotopic (exact) mass is 288 g/mol. The van der Waals surface area contributed by atoms with E-state index in [0.717, 1.165) is 17.1 Å². The van der Waals surface area contributed by atoms with Gasteiger partial charge in [0.25, 0.3) is 0 Å². The molecule has 106 valence electrons. The Kier molecular flexibility index (Phi) is 4.14. The molecule has 2 rings (SSSR count). The minimum atomic E-state index is 0.262. The van der Waals surface area contributed by atoms with Gasteiger partial charge in [0, 0.05) is 17.0 Å². The molecule has 20 heavy (non-hydrogen) atoms. The van der Waals surface area contributed by atoms with Crippen molar-refractivity contribution in [2.75, 3.05) is 0 Å². The van der Waals surface area contributed by atoms with Gasteiger partial charge in [0.1, 0.15) is 11.0 Å². The van der Waals surface area contributed by atoms with Crippen molar-refractivity contribution in [2.45, 2.75) is 47.5 Å². The molecule has 2 aromatic rings. The van der Waals surface area contributed by atoms with Crippen LogP contribution in [0.2, 0.25) is 5.15 Å². The minimum Gasteiger partial charge on any atom is -0.232 e. The molecule has 1 heterocycles. The highest BCUT2D eigenvalue weighted by Crippen LogP contribution is 2.32. The Bertz CT molecular complexity index is 637. The summed E-state index contributed by atoms with van der Waals surface area (Å²) in [6.45, 7) is 12.5. The lowest BCUT2D eigenvalue weighted by Crippen LogP contribution is -2.04. The van der Waals surface area contributed by atoms with Crippen LogP contribution in [0.4, 0.5) is 0 Å². The quantitative estimate of drug-likeness (QED) is 0.714. The van der Waals surface area contributed by atoms with Crippen LogP contribution in [0, 0.1) is 27.7 Å². The molecular weight excluding hydrogens is 268 g/mol. The maximum atomic E-state index is 6.30. The lowest BCUT2D eigenvalue weighted by atomic mass is 9.95. The second kappa shape index (κ2) is 5.53. The Balaban J connectivity index is 2.76. The topological polar surface area (TPSA) is 25.8 Å². The van der Waals surface area contributed by atoms with Crippen molar-refractivity contribution in [1.82, 2.24) is 9.97 Å². The molecule has 0 N–H and O–H groups in total. The van der Waals surface area contributed by atoms with Gasteiger partial charge in [0.2, 0.25) is 0 Å². The molecule has 0 aliphatic heterocycles. The van der Waals surface area contributed by atoms with E-state index in [9.17, 15) is 0 Å². The van der Waals surface area contributed by atoms with Gasteiger partial charge in [-0.3, -0.25) is 0 Å². The van der Waals surface area contributed by atoms with Gasteiger partial charge < -0.3 is 0 Å². The summed E-state index contributed by atoms with van der Waals surface area (Å²) >= 11 is 6.30. The smallest absolute Gasteiger partial charge is 0.136 e. The molecule has 0 aliphatic carbocycles. The number of hydrogen-bond donors (Lipinski definition) is 0. The normalized spacial score (nSPS) is 11.2. The third-order valence-electron chi connectivity index (χ3n) is 3.53. The third-order valence-corrected chi connectivity index (χ3v) is 3.90. The molecule has 3 heteroatoms. The minimum absolute atomic E-state index is 0.262. The predicted octanol–water partition coefficient (Wildman–Crippen LogP) is 5.15. The number of hydrogen-bond acceptors (Lipinski definition) is 2. The van der Waals surface area contributed by atoms with E-state index in [0.29, 0.717) is 5.15 Å². The van der Waals surface area contributed by atoms with Gasteiger partial charge in [-0.05, 0) is 38.8 Å². The Hall–Kier alpha value is -1.41. The first-order valence-electron chi connectivity index (χ1n) is 6.93. The fourth-order valence-corrected chi connectivity index (χ4v) is 2.74. The molecule has 0 amide bonds. The Labute approximate surface area is 126 Å². The van der Waals surface area contributed by atoms with Crippen molar-refractivity contribution in [1.29, 1.82) is 0 Å². The summed E-state index contributed by atoms with van der Waals surface area (Å²) in [5.41, 5.74) is 6.82. The highest BCUT2D eigenvalue weighted by molar-refractivity contribution is 6.30. The zero-order valence-corrected chi connectivity index (χ0v) is 13.8. The van der Waals surface area contributed by atoms with Gasteiger partial charge in [-0.25, -0.2) is 9.97 Å². The molecule has 1 aromatic heterocycles. The standard InChI is InChI=1S/C17H21ClN2/c1-9(2)17-19-15(13(6)16(18)20-17)14-11(4)7-10(3)8-12(14)5/h7-9H,1-6H3. The van der Waals surface area contributed by atoms with Crippen LogP contribution in [-0.2, 0) is 0 Å². The average molecular weight is 289 g/mol. The molecule has 0 fully saturated rings. The van der Waals surface area contributed by atoms with Gasteiger partial charge in [0.05, 0.1) is 5.69 Å². The van der Waals surface area contributed by atoms with Gasteiger partial charge in [-0.15, -0.1) is 0 Å². The Morgan fingerprint density at radius 2 is 1.50 bits per heavy atom. The van der Waals surface area contributed by atoms with E-state index in [2.05, 4.69) is 51.7 Å². The SMILES string of the molecule is Cc1cc(C)c(-c2nc(C(C)C)nc(Cl)c2C)c(C)c1. The number of aromatic nitrogens is 2. The molecule has 0 spiro atoms. The average Bonchev–Trinajstić information content (AvgIpc) is 2.32. The summed E-state index contributed by atoms with van der Waals surface area (Å²) in [6, 6.07) is 4.37. The van der Waals surface area contributed by atoms with Gasteiger partial charge in [-0.2, -0.15) is 0 Å². The Morgan fingerprint density at radius 1 is 0.950 bits per heavy atom. The van der Waals surface area contributed by atoms with E-state index >= 15 is 0 Å². The Morgan fingerprint density at radius 3 is 2.00 bits per heavy atom. The van der Waals surface area contributed by atoms with E-state index in [-0.39, 0.29) is 5.92 Å². The van der Waals surface area contributed by atoms with Gasteiger partial charge in [-0.1, -0.05) is 43.1 Å². The van der Waals surface area contributed by atoms with Gasteiger partial charge >= 0.3 is 0 Å².